The third-order valence-electron chi connectivity index (χ3n) is 4.17. The number of aryl methyl sites for hydroxylation is 1. The normalized spacial score (nSPS) is 16.5. The van der Waals surface area contributed by atoms with Crippen LogP contribution in [0.1, 0.15) is 30.0 Å². The molecule has 2 aromatic rings. The van der Waals surface area contributed by atoms with E-state index in [4.69, 9.17) is 11.5 Å². The van der Waals surface area contributed by atoms with Crippen molar-refractivity contribution in [1.82, 2.24) is 19.9 Å². The van der Waals surface area contributed by atoms with Crippen LogP contribution in [0.3, 0.4) is 0 Å². The van der Waals surface area contributed by atoms with E-state index in [1.165, 1.54) is 22.9 Å². The summed E-state index contributed by atoms with van der Waals surface area (Å²) in [5.74, 6) is 0.385. The third-order valence-corrected chi connectivity index (χ3v) is 5.00. The SMILES string of the molecule is CN(C(=O)CSc1nc(N)nc(N)n1)[C@@H]1CCCc2ccccc21. The Bertz CT molecular complexity index is 733. The van der Waals surface area contributed by atoms with Crippen LogP contribution >= 0.6 is 11.8 Å². The van der Waals surface area contributed by atoms with Crippen molar-refractivity contribution >= 4 is 29.6 Å². The number of anilines is 2. The molecule has 1 aromatic carbocycles. The zero-order valence-electron chi connectivity index (χ0n) is 13.5. The fourth-order valence-corrected chi connectivity index (χ4v) is 3.76. The molecule has 1 amide bonds. The summed E-state index contributed by atoms with van der Waals surface area (Å²) in [4.78, 5) is 26.1. The molecule has 1 heterocycles. The largest absolute Gasteiger partial charge is 0.368 e. The highest BCUT2D eigenvalue weighted by Crippen LogP contribution is 2.33. The smallest absolute Gasteiger partial charge is 0.233 e. The fraction of sp³-hybridized carbons (Fsp3) is 0.375. The van der Waals surface area contributed by atoms with Gasteiger partial charge in [0.05, 0.1) is 11.8 Å². The Morgan fingerprint density at radius 3 is 2.71 bits per heavy atom. The number of carbonyl (C=O) groups is 1. The van der Waals surface area contributed by atoms with Crippen LogP contribution < -0.4 is 11.5 Å². The lowest BCUT2D eigenvalue weighted by molar-refractivity contribution is -0.129. The van der Waals surface area contributed by atoms with Crippen molar-refractivity contribution in [2.24, 2.45) is 0 Å². The molecule has 24 heavy (non-hydrogen) atoms. The van der Waals surface area contributed by atoms with Gasteiger partial charge in [-0.15, -0.1) is 0 Å². The predicted molar refractivity (Wildman–Crippen MR) is 94.3 cm³/mol. The second-order valence-electron chi connectivity index (χ2n) is 5.73. The van der Waals surface area contributed by atoms with Crippen LogP contribution in [0.4, 0.5) is 11.9 Å². The molecule has 126 valence electrons. The molecular formula is C16H20N6OS. The second kappa shape index (κ2) is 7.04. The zero-order chi connectivity index (χ0) is 17.1. The van der Waals surface area contributed by atoms with E-state index in [-0.39, 0.29) is 29.6 Å². The van der Waals surface area contributed by atoms with E-state index in [1.807, 2.05) is 18.0 Å². The standard InChI is InChI=1S/C16H20N6OS/c1-22(12-8-4-6-10-5-2-3-7-11(10)12)13(23)9-24-16-20-14(17)19-15(18)21-16/h2-3,5,7,12H,4,6,8-9H2,1H3,(H4,17,18,19,20,21)/t12-/m1/s1. The van der Waals surface area contributed by atoms with Crippen molar-refractivity contribution in [2.45, 2.75) is 30.5 Å². The van der Waals surface area contributed by atoms with Gasteiger partial charge in [-0.05, 0) is 30.4 Å². The third kappa shape index (κ3) is 3.59. The number of nitrogens with zero attached hydrogens (tertiary/aromatic N) is 4. The van der Waals surface area contributed by atoms with Crippen molar-refractivity contribution in [3.05, 3.63) is 35.4 Å². The molecule has 8 heteroatoms. The number of hydrogen-bond donors (Lipinski definition) is 2. The average Bonchev–Trinajstić information content (AvgIpc) is 2.57. The summed E-state index contributed by atoms with van der Waals surface area (Å²) in [5, 5.41) is 0.366. The highest BCUT2D eigenvalue weighted by molar-refractivity contribution is 7.99. The lowest BCUT2D eigenvalue weighted by atomic mass is 9.87. The van der Waals surface area contributed by atoms with Gasteiger partial charge < -0.3 is 16.4 Å². The van der Waals surface area contributed by atoms with Gasteiger partial charge >= 0.3 is 0 Å². The van der Waals surface area contributed by atoms with Crippen molar-refractivity contribution in [3.63, 3.8) is 0 Å². The first-order chi connectivity index (χ1) is 11.5. The maximum atomic E-state index is 12.6. The van der Waals surface area contributed by atoms with Gasteiger partial charge in [0.1, 0.15) is 0 Å². The molecule has 0 saturated heterocycles. The van der Waals surface area contributed by atoms with Crippen LogP contribution in [-0.2, 0) is 11.2 Å². The van der Waals surface area contributed by atoms with Crippen molar-refractivity contribution in [2.75, 3.05) is 24.3 Å². The van der Waals surface area contributed by atoms with E-state index in [0.717, 1.165) is 19.3 Å². The molecule has 1 aliphatic rings. The van der Waals surface area contributed by atoms with Crippen LogP contribution in [0, 0.1) is 0 Å². The van der Waals surface area contributed by atoms with Gasteiger partial charge in [0.25, 0.3) is 0 Å². The molecule has 1 atom stereocenters. The number of nitrogen functional groups attached to an aromatic ring is 2. The molecule has 4 N–H and O–H groups in total. The van der Waals surface area contributed by atoms with Gasteiger partial charge in [0, 0.05) is 7.05 Å². The molecule has 0 spiro atoms. The lowest BCUT2D eigenvalue weighted by Gasteiger charge is -2.33. The molecular weight excluding hydrogens is 324 g/mol. The minimum Gasteiger partial charge on any atom is -0.368 e. The van der Waals surface area contributed by atoms with Crippen LogP contribution in [0.2, 0.25) is 0 Å². The van der Waals surface area contributed by atoms with Crippen LogP contribution in [0.25, 0.3) is 0 Å². The van der Waals surface area contributed by atoms with Crippen LogP contribution in [-0.4, -0.2) is 38.6 Å². The fourth-order valence-electron chi connectivity index (χ4n) is 2.99. The Morgan fingerprint density at radius 1 is 1.25 bits per heavy atom. The Kier molecular flexibility index (Phi) is 4.84. The summed E-state index contributed by atoms with van der Waals surface area (Å²) >= 11 is 1.22. The van der Waals surface area contributed by atoms with E-state index in [1.54, 1.807) is 0 Å². The molecule has 0 bridgehead atoms. The summed E-state index contributed by atoms with van der Waals surface area (Å²) in [6, 6.07) is 8.46. The van der Waals surface area contributed by atoms with Crippen molar-refractivity contribution in [1.29, 1.82) is 0 Å². The molecule has 0 aliphatic heterocycles. The first-order valence-electron chi connectivity index (χ1n) is 7.78. The van der Waals surface area contributed by atoms with Crippen molar-refractivity contribution < 1.29 is 4.79 Å². The Balaban J connectivity index is 1.67. The maximum Gasteiger partial charge on any atom is 0.233 e. The number of aromatic nitrogens is 3. The number of benzene rings is 1. The van der Waals surface area contributed by atoms with Gasteiger partial charge in [0.15, 0.2) is 5.16 Å². The number of carbonyl (C=O) groups excluding carboxylic acids is 1. The summed E-state index contributed by atoms with van der Waals surface area (Å²) in [6.07, 6.45) is 3.15. The first-order valence-corrected chi connectivity index (χ1v) is 8.76. The second-order valence-corrected chi connectivity index (χ2v) is 6.68. The molecule has 7 nitrogen and oxygen atoms in total. The number of fused-ring (bicyclic) bond motifs is 1. The summed E-state index contributed by atoms with van der Waals surface area (Å²) in [6.45, 7) is 0. The van der Waals surface area contributed by atoms with Gasteiger partial charge in [-0.25, -0.2) is 0 Å². The number of amides is 1. The number of rotatable bonds is 4. The molecule has 1 aliphatic carbocycles. The Hall–Kier alpha value is -2.35. The highest BCUT2D eigenvalue weighted by atomic mass is 32.2. The van der Waals surface area contributed by atoms with Crippen molar-refractivity contribution in [3.8, 4) is 0 Å². The van der Waals surface area contributed by atoms with Crippen LogP contribution in [0.15, 0.2) is 29.4 Å². The molecule has 0 unspecified atom stereocenters. The molecule has 1 aromatic heterocycles. The topological polar surface area (TPSA) is 111 Å². The summed E-state index contributed by atoms with van der Waals surface area (Å²) in [7, 11) is 1.85. The maximum absolute atomic E-state index is 12.6. The minimum atomic E-state index is 0.0271. The number of hydrogen-bond acceptors (Lipinski definition) is 7. The highest BCUT2D eigenvalue weighted by Gasteiger charge is 2.26. The lowest BCUT2D eigenvalue weighted by Crippen LogP contribution is -2.34. The molecule has 0 fully saturated rings. The van der Waals surface area contributed by atoms with Gasteiger partial charge in [-0.3, -0.25) is 4.79 Å². The Labute approximate surface area is 144 Å². The number of nitrogens with two attached hydrogens (primary N) is 2. The van der Waals surface area contributed by atoms with E-state index >= 15 is 0 Å². The zero-order valence-corrected chi connectivity index (χ0v) is 14.3. The average molecular weight is 344 g/mol. The molecule has 3 rings (SSSR count). The van der Waals surface area contributed by atoms with E-state index in [9.17, 15) is 4.79 Å². The quantitative estimate of drug-likeness (QED) is 0.811. The van der Waals surface area contributed by atoms with Gasteiger partial charge in [0.2, 0.25) is 17.8 Å². The predicted octanol–water partition coefficient (Wildman–Crippen LogP) is 1.66. The molecule has 0 saturated carbocycles. The van der Waals surface area contributed by atoms with Gasteiger partial charge in [-0.2, -0.15) is 15.0 Å². The number of thioether (sulfide) groups is 1. The summed E-state index contributed by atoms with van der Waals surface area (Å²) < 4.78 is 0. The van der Waals surface area contributed by atoms with E-state index in [2.05, 4.69) is 33.2 Å². The Morgan fingerprint density at radius 2 is 1.96 bits per heavy atom. The van der Waals surface area contributed by atoms with E-state index in [0.29, 0.717) is 5.16 Å². The monoisotopic (exact) mass is 344 g/mol. The van der Waals surface area contributed by atoms with Crippen LogP contribution in [0.5, 0.6) is 0 Å². The summed E-state index contributed by atoms with van der Waals surface area (Å²) in [5.41, 5.74) is 13.7. The first kappa shape index (κ1) is 16.5. The molecule has 0 radical (unpaired) electrons. The minimum absolute atomic E-state index is 0.0271. The van der Waals surface area contributed by atoms with E-state index < -0.39 is 0 Å². The van der Waals surface area contributed by atoms with Gasteiger partial charge in [-0.1, -0.05) is 36.0 Å².